The Kier molecular flexibility index (Phi) is 4.79. The number of aryl methyl sites for hydroxylation is 1. The third-order valence-electron chi connectivity index (χ3n) is 3.02. The Labute approximate surface area is 123 Å². The third-order valence-corrected chi connectivity index (χ3v) is 3.63. The quantitative estimate of drug-likeness (QED) is 0.846. The number of carbonyl (C=O) groups is 1. The lowest BCUT2D eigenvalue weighted by atomic mass is 10.2. The van der Waals surface area contributed by atoms with E-state index in [2.05, 4.69) is 9.97 Å². The van der Waals surface area contributed by atoms with Crippen molar-refractivity contribution >= 4 is 17.7 Å². The maximum atomic E-state index is 12.1. The van der Waals surface area contributed by atoms with E-state index < -0.39 is 0 Å². The number of imidazole rings is 1. The van der Waals surface area contributed by atoms with E-state index in [1.54, 1.807) is 40.9 Å². The van der Waals surface area contributed by atoms with Gasteiger partial charge < -0.3 is 0 Å². The molecule has 2 aromatic heterocycles. The SMILES string of the molecule is CSCCC(=O)N(C)n1cc(-c2cccnc2)nc1C. The van der Waals surface area contributed by atoms with Gasteiger partial charge >= 0.3 is 0 Å². The van der Waals surface area contributed by atoms with E-state index in [1.807, 2.05) is 31.5 Å². The minimum atomic E-state index is 0.0811. The average molecular weight is 290 g/mol. The molecule has 1 amide bonds. The molecule has 0 aliphatic carbocycles. The minimum Gasteiger partial charge on any atom is -0.273 e. The summed E-state index contributed by atoms with van der Waals surface area (Å²) in [5.74, 6) is 1.69. The highest BCUT2D eigenvalue weighted by Gasteiger charge is 2.14. The van der Waals surface area contributed by atoms with Crippen molar-refractivity contribution < 1.29 is 4.79 Å². The molecule has 0 fully saturated rings. The first-order chi connectivity index (χ1) is 9.63. The lowest BCUT2D eigenvalue weighted by Gasteiger charge is -2.19. The molecule has 0 saturated heterocycles. The van der Waals surface area contributed by atoms with E-state index in [1.165, 1.54) is 0 Å². The monoisotopic (exact) mass is 290 g/mol. The summed E-state index contributed by atoms with van der Waals surface area (Å²) in [4.78, 5) is 20.6. The van der Waals surface area contributed by atoms with E-state index in [0.29, 0.717) is 6.42 Å². The van der Waals surface area contributed by atoms with Crippen LogP contribution in [0, 0.1) is 6.92 Å². The molecule has 106 valence electrons. The van der Waals surface area contributed by atoms with Gasteiger partial charge in [0, 0.05) is 37.2 Å². The first-order valence-electron chi connectivity index (χ1n) is 6.35. The van der Waals surface area contributed by atoms with Crippen LogP contribution in [-0.4, -0.2) is 39.6 Å². The second kappa shape index (κ2) is 6.56. The maximum Gasteiger partial charge on any atom is 0.241 e. The van der Waals surface area contributed by atoms with Gasteiger partial charge in [0.25, 0.3) is 0 Å². The predicted molar refractivity (Wildman–Crippen MR) is 82.3 cm³/mol. The zero-order valence-electron chi connectivity index (χ0n) is 11.9. The molecule has 0 bridgehead atoms. The highest BCUT2D eigenvalue weighted by Crippen LogP contribution is 2.17. The number of aromatic nitrogens is 3. The molecular formula is C14H18N4OS. The van der Waals surface area contributed by atoms with Gasteiger partial charge in [0.2, 0.25) is 5.91 Å². The van der Waals surface area contributed by atoms with E-state index in [-0.39, 0.29) is 5.91 Å². The highest BCUT2D eigenvalue weighted by molar-refractivity contribution is 7.98. The van der Waals surface area contributed by atoms with Crippen molar-refractivity contribution in [1.29, 1.82) is 0 Å². The molecule has 0 unspecified atom stereocenters. The predicted octanol–water partition coefficient (Wildman–Crippen LogP) is 2.10. The van der Waals surface area contributed by atoms with E-state index in [4.69, 9.17) is 0 Å². The second-order valence-corrected chi connectivity index (χ2v) is 5.41. The normalized spacial score (nSPS) is 10.6. The van der Waals surface area contributed by atoms with Crippen LogP contribution in [0.25, 0.3) is 11.3 Å². The lowest BCUT2D eigenvalue weighted by molar-refractivity contribution is -0.119. The zero-order valence-corrected chi connectivity index (χ0v) is 12.7. The molecule has 20 heavy (non-hydrogen) atoms. The van der Waals surface area contributed by atoms with E-state index in [9.17, 15) is 4.79 Å². The second-order valence-electron chi connectivity index (χ2n) is 4.42. The Bertz CT molecular complexity index is 582. The summed E-state index contributed by atoms with van der Waals surface area (Å²) in [5.41, 5.74) is 1.76. The minimum absolute atomic E-state index is 0.0811. The molecule has 0 aliphatic rings. The Morgan fingerprint density at radius 3 is 2.95 bits per heavy atom. The van der Waals surface area contributed by atoms with Crippen LogP contribution in [0.5, 0.6) is 0 Å². The molecule has 0 N–H and O–H groups in total. The fraction of sp³-hybridized carbons (Fsp3) is 0.357. The Morgan fingerprint density at radius 2 is 2.30 bits per heavy atom. The van der Waals surface area contributed by atoms with Crippen molar-refractivity contribution in [1.82, 2.24) is 14.6 Å². The van der Waals surface area contributed by atoms with E-state index in [0.717, 1.165) is 22.8 Å². The van der Waals surface area contributed by atoms with Crippen molar-refractivity contribution in [3.63, 3.8) is 0 Å². The molecule has 0 saturated carbocycles. The van der Waals surface area contributed by atoms with Gasteiger partial charge in [0.05, 0.1) is 11.9 Å². The lowest BCUT2D eigenvalue weighted by Crippen LogP contribution is -2.37. The fourth-order valence-electron chi connectivity index (χ4n) is 1.89. The van der Waals surface area contributed by atoms with Crippen LogP contribution in [0.3, 0.4) is 0 Å². The number of hydrogen-bond donors (Lipinski definition) is 0. The van der Waals surface area contributed by atoms with Crippen molar-refractivity contribution in [2.45, 2.75) is 13.3 Å². The Morgan fingerprint density at radius 1 is 1.50 bits per heavy atom. The number of amides is 1. The third kappa shape index (κ3) is 3.19. The van der Waals surface area contributed by atoms with Gasteiger partial charge in [-0.25, -0.2) is 9.66 Å². The van der Waals surface area contributed by atoms with Gasteiger partial charge in [0.1, 0.15) is 5.82 Å². The number of carbonyl (C=O) groups excluding carboxylic acids is 1. The average Bonchev–Trinajstić information content (AvgIpc) is 2.87. The zero-order chi connectivity index (χ0) is 14.5. The molecule has 2 aromatic rings. The van der Waals surface area contributed by atoms with Crippen LogP contribution in [0.4, 0.5) is 0 Å². The van der Waals surface area contributed by atoms with Gasteiger partial charge in [0.15, 0.2) is 0 Å². The van der Waals surface area contributed by atoms with Crippen LogP contribution < -0.4 is 5.01 Å². The summed E-state index contributed by atoms with van der Waals surface area (Å²) in [6.45, 7) is 1.89. The summed E-state index contributed by atoms with van der Waals surface area (Å²) in [6, 6.07) is 3.83. The standard InChI is InChI=1S/C14H18N4OS/c1-11-16-13(12-5-4-7-15-9-12)10-18(11)17(2)14(19)6-8-20-3/h4-5,7,9-10H,6,8H2,1-3H3. The molecular weight excluding hydrogens is 272 g/mol. The van der Waals surface area contributed by atoms with Crippen LogP contribution in [-0.2, 0) is 4.79 Å². The van der Waals surface area contributed by atoms with Gasteiger partial charge in [-0.2, -0.15) is 11.8 Å². The molecule has 0 atom stereocenters. The first-order valence-corrected chi connectivity index (χ1v) is 7.75. The molecule has 2 rings (SSSR count). The van der Waals surface area contributed by atoms with Crippen molar-refractivity contribution in [2.24, 2.45) is 0 Å². The van der Waals surface area contributed by atoms with Crippen LogP contribution in [0.2, 0.25) is 0 Å². The molecule has 5 nitrogen and oxygen atoms in total. The number of pyridine rings is 1. The summed E-state index contributed by atoms with van der Waals surface area (Å²) in [5, 5.41) is 1.61. The van der Waals surface area contributed by atoms with E-state index >= 15 is 0 Å². The van der Waals surface area contributed by atoms with Crippen molar-refractivity contribution in [3.05, 3.63) is 36.5 Å². The number of nitrogens with zero attached hydrogens (tertiary/aromatic N) is 4. The number of rotatable bonds is 5. The molecule has 0 aliphatic heterocycles. The van der Waals surface area contributed by atoms with Gasteiger partial charge in [-0.3, -0.25) is 14.8 Å². The van der Waals surface area contributed by atoms with Gasteiger partial charge in [-0.05, 0) is 25.3 Å². The van der Waals surface area contributed by atoms with Crippen molar-refractivity contribution in [3.8, 4) is 11.3 Å². The van der Waals surface area contributed by atoms with Crippen LogP contribution in [0.1, 0.15) is 12.2 Å². The summed E-state index contributed by atoms with van der Waals surface area (Å²) >= 11 is 1.67. The topological polar surface area (TPSA) is 51.0 Å². The summed E-state index contributed by atoms with van der Waals surface area (Å²) in [6.07, 6.45) is 7.88. The summed E-state index contributed by atoms with van der Waals surface area (Å²) in [7, 11) is 1.77. The van der Waals surface area contributed by atoms with Crippen molar-refractivity contribution in [2.75, 3.05) is 24.1 Å². The molecule has 2 heterocycles. The highest BCUT2D eigenvalue weighted by atomic mass is 32.2. The van der Waals surface area contributed by atoms with Gasteiger partial charge in [-0.1, -0.05) is 0 Å². The summed E-state index contributed by atoms with van der Waals surface area (Å²) < 4.78 is 1.78. The molecule has 0 radical (unpaired) electrons. The Hall–Kier alpha value is -1.82. The molecule has 6 heteroatoms. The Balaban J connectivity index is 2.21. The smallest absolute Gasteiger partial charge is 0.241 e. The van der Waals surface area contributed by atoms with Crippen LogP contribution >= 0.6 is 11.8 Å². The fourth-order valence-corrected chi connectivity index (χ4v) is 2.27. The maximum absolute atomic E-state index is 12.1. The van der Waals surface area contributed by atoms with Gasteiger partial charge in [-0.15, -0.1) is 0 Å². The molecule has 0 aromatic carbocycles. The number of thioether (sulfide) groups is 1. The number of hydrogen-bond acceptors (Lipinski definition) is 4. The largest absolute Gasteiger partial charge is 0.273 e. The molecule has 0 spiro atoms. The first kappa shape index (κ1) is 14.6. The van der Waals surface area contributed by atoms with Crippen LogP contribution in [0.15, 0.2) is 30.7 Å².